The van der Waals surface area contributed by atoms with Gasteiger partial charge >= 0.3 is 0 Å². The van der Waals surface area contributed by atoms with E-state index in [2.05, 4.69) is 142 Å². The largest absolute Gasteiger partial charge is 0.404 e. The molecule has 0 aliphatic rings. The molecule has 0 fully saturated rings. The normalized spacial score (nSPS) is 12.0. The van der Waals surface area contributed by atoms with E-state index in [-0.39, 0.29) is 0 Å². The SMILES string of the molecule is C/C=C\C(=C/N)C/C=C\C(=C/N)c1ccc(-c2c3ccccc3c(-c3ccc4ccccc4c3)c3ccccc23)cc1C.CC.CCC. The van der Waals surface area contributed by atoms with Gasteiger partial charge in [0.05, 0.1) is 0 Å². The number of hydrogen-bond donors (Lipinski definition) is 2. The smallest absolute Gasteiger partial charge is 0.00175 e. The van der Waals surface area contributed by atoms with E-state index in [0.717, 1.165) is 23.1 Å². The molecule has 4 N–H and O–H groups in total. The van der Waals surface area contributed by atoms with Gasteiger partial charge in [-0.3, -0.25) is 0 Å². The highest BCUT2D eigenvalue weighted by Crippen LogP contribution is 2.44. The lowest BCUT2D eigenvalue weighted by Gasteiger charge is -2.19. The maximum absolute atomic E-state index is 6.12. The molecule has 0 spiro atoms. The van der Waals surface area contributed by atoms with Gasteiger partial charge in [0.25, 0.3) is 0 Å². The van der Waals surface area contributed by atoms with Crippen LogP contribution in [-0.2, 0) is 0 Å². The van der Waals surface area contributed by atoms with Crippen LogP contribution in [-0.4, -0.2) is 0 Å². The molecule has 0 bridgehead atoms. The first-order valence-electron chi connectivity index (χ1n) is 17.2. The highest BCUT2D eigenvalue weighted by atomic mass is 14.5. The van der Waals surface area contributed by atoms with Crippen molar-refractivity contribution in [2.24, 2.45) is 11.5 Å². The number of aryl methyl sites for hydroxylation is 1. The summed E-state index contributed by atoms with van der Waals surface area (Å²) in [6.45, 7) is 12.4. The number of hydrogen-bond acceptors (Lipinski definition) is 2. The molecule has 0 aromatic heterocycles. The van der Waals surface area contributed by atoms with Crippen LogP contribution in [0.2, 0.25) is 0 Å². The summed E-state index contributed by atoms with van der Waals surface area (Å²) < 4.78 is 0. The van der Waals surface area contributed by atoms with E-state index in [1.54, 1.807) is 12.4 Å². The van der Waals surface area contributed by atoms with E-state index < -0.39 is 0 Å². The van der Waals surface area contributed by atoms with Crippen LogP contribution >= 0.6 is 0 Å². The zero-order valence-corrected chi connectivity index (χ0v) is 29.4. The van der Waals surface area contributed by atoms with Gasteiger partial charge in [-0.05, 0) is 109 Å². The Morgan fingerprint density at radius 3 is 1.60 bits per heavy atom. The van der Waals surface area contributed by atoms with Gasteiger partial charge in [-0.15, -0.1) is 0 Å². The zero-order valence-electron chi connectivity index (χ0n) is 29.4. The third-order valence-electron chi connectivity index (χ3n) is 8.22. The van der Waals surface area contributed by atoms with E-state index >= 15 is 0 Å². The van der Waals surface area contributed by atoms with Crippen LogP contribution in [0.25, 0.3) is 60.1 Å². The van der Waals surface area contributed by atoms with Crippen LogP contribution in [0.5, 0.6) is 0 Å². The summed E-state index contributed by atoms with van der Waals surface area (Å²) in [5.41, 5.74) is 21.2. The van der Waals surface area contributed by atoms with Gasteiger partial charge in [-0.2, -0.15) is 0 Å². The second kappa shape index (κ2) is 17.5. The van der Waals surface area contributed by atoms with Crippen LogP contribution in [0, 0.1) is 6.92 Å². The van der Waals surface area contributed by atoms with E-state index in [1.807, 2.05) is 32.9 Å². The van der Waals surface area contributed by atoms with E-state index in [4.69, 9.17) is 11.5 Å². The molecule has 0 heterocycles. The summed E-state index contributed by atoms with van der Waals surface area (Å²) >= 11 is 0. The predicted octanol–water partition coefficient (Wildman–Crippen LogP) is 12.9. The Morgan fingerprint density at radius 2 is 1.10 bits per heavy atom. The number of fused-ring (bicyclic) bond motifs is 3. The molecule has 2 heteroatoms. The molecule has 6 aromatic rings. The molecule has 2 nitrogen and oxygen atoms in total. The first-order chi connectivity index (χ1) is 23.5. The van der Waals surface area contributed by atoms with Gasteiger partial charge < -0.3 is 11.5 Å². The number of benzene rings is 6. The second-order valence-corrected chi connectivity index (χ2v) is 11.6. The Bertz CT molecular complexity index is 2050. The molecule has 244 valence electrons. The summed E-state index contributed by atoms with van der Waals surface area (Å²) in [6, 6.07) is 39.7. The van der Waals surface area contributed by atoms with Gasteiger partial charge in [0.15, 0.2) is 0 Å². The first kappa shape index (κ1) is 35.5. The van der Waals surface area contributed by atoms with Crippen molar-refractivity contribution >= 4 is 37.9 Å². The molecule has 0 amide bonds. The minimum absolute atomic E-state index is 0.747. The molecule has 0 atom stereocenters. The lowest BCUT2D eigenvalue weighted by molar-refractivity contribution is 1.09. The second-order valence-electron chi connectivity index (χ2n) is 11.6. The van der Waals surface area contributed by atoms with E-state index in [9.17, 15) is 0 Å². The Morgan fingerprint density at radius 1 is 0.604 bits per heavy atom. The van der Waals surface area contributed by atoms with Crippen molar-refractivity contribution in [3.8, 4) is 22.3 Å². The van der Waals surface area contributed by atoms with Crippen molar-refractivity contribution in [2.75, 3.05) is 0 Å². The minimum atomic E-state index is 0.747. The maximum Gasteiger partial charge on any atom is 0.00175 e. The number of nitrogens with two attached hydrogens (primary N) is 2. The molecular formula is C46H50N2. The van der Waals surface area contributed by atoms with Crippen LogP contribution < -0.4 is 11.5 Å². The Labute approximate surface area is 287 Å². The fraction of sp³-hybridized carbons (Fsp3) is 0.174. The molecule has 0 unspecified atom stereocenters. The van der Waals surface area contributed by atoms with Crippen molar-refractivity contribution in [3.05, 3.63) is 163 Å². The lowest BCUT2D eigenvalue weighted by Crippen LogP contribution is -1.94. The summed E-state index contributed by atoms with van der Waals surface area (Å²) in [5, 5.41) is 7.50. The molecule has 0 saturated heterocycles. The standard InChI is InChI=1S/C41H36N2.C3H8.C2H6/c1-3-11-29(26-42)12-10-15-34(27-43)35-23-22-32(24-28(35)2)40-36-16-6-8-18-38(36)41(39-19-9-7-17-37(39)40)33-21-20-30-13-4-5-14-31(30)25-33;1-3-2;1-2/h3-11,13-27H,12,42-43H2,1-2H3;3H2,1-2H3;1-2H3/b11-3-,15-10-,29-26+,34-27+;;. The molecule has 0 radical (unpaired) electrons. The average Bonchev–Trinajstić information content (AvgIpc) is 3.13. The monoisotopic (exact) mass is 630 g/mol. The highest BCUT2D eigenvalue weighted by Gasteiger charge is 2.17. The average molecular weight is 631 g/mol. The third kappa shape index (κ3) is 7.78. The molecule has 0 aliphatic carbocycles. The molecule has 0 saturated carbocycles. The predicted molar refractivity (Wildman–Crippen MR) is 215 cm³/mol. The lowest BCUT2D eigenvalue weighted by atomic mass is 9.85. The topological polar surface area (TPSA) is 52.0 Å². The summed E-state index contributed by atoms with van der Waals surface area (Å²) in [5.74, 6) is 0. The van der Waals surface area contributed by atoms with Crippen molar-refractivity contribution < 1.29 is 0 Å². The Balaban J connectivity index is 0.000000986. The Kier molecular flexibility index (Phi) is 13.0. The van der Waals surface area contributed by atoms with Crippen LogP contribution in [0.1, 0.15) is 58.6 Å². The van der Waals surface area contributed by atoms with E-state index in [0.29, 0.717) is 0 Å². The van der Waals surface area contributed by atoms with Gasteiger partial charge in [-0.1, -0.05) is 162 Å². The Hall–Kier alpha value is -5.34. The minimum Gasteiger partial charge on any atom is -0.404 e. The molecule has 0 aliphatic heterocycles. The zero-order chi connectivity index (χ0) is 34.5. The fourth-order valence-electron chi connectivity index (χ4n) is 6.20. The van der Waals surface area contributed by atoms with Gasteiger partial charge in [-0.25, -0.2) is 0 Å². The van der Waals surface area contributed by atoms with Gasteiger partial charge in [0.2, 0.25) is 0 Å². The van der Waals surface area contributed by atoms with Crippen LogP contribution in [0.4, 0.5) is 0 Å². The maximum atomic E-state index is 6.12. The summed E-state index contributed by atoms with van der Waals surface area (Å²) in [4.78, 5) is 0. The number of rotatable bonds is 7. The van der Waals surface area contributed by atoms with Crippen molar-refractivity contribution in [2.45, 2.75) is 54.4 Å². The fourth-order valence-corrected chi connectivity index (χ4v) is 6.20. The first-order valence-corrected chi connectivity index (χ1v) is 17.2. The van der Waals surface area contributed by atoms with Crippen molar-refractivity contribution in [1.82, 2.24) is 0 Å². The van der Waals surface area contributed by atoms with Crippen molar-refractivity contribution in [3.63, 3.8) is 0 Å². The van der Waals surface area contributed by atoms with Gasteiger partial charge in [0.1, 0.15) is 0 Å². The molecular weight excluding hydrogens is 581 g/mol. The third-order valence-corrected chi connectivity index (χ3v) is 8.22. The summed E-state index contributed by atoms with van der Waals surface area (Å²) in [7, 11) is 0. The highest BCUT2D eigenvalue weighted by molar-refractivity contribution is 6.21. The van der Waals surface area contributed by atoms with Crippen molar-refractivity contribution in [1.29, 1.82) is 0 Å². The van der Waals surface area contributed by atoms with Crippen LogP contribution in [0.3, 0.4) is 0 Å². The van der Waals surface area contributed by atoms with Crippen LogP contribution in [0.15, 0.2) is 151 Å². The van der Waals surface area contributed by atoms with E-state index in [1.165, 1.54) is 66.6 Å². The quantitative estimate of drug-likeness (QED) is 0.136. The number of allylic oxidation sites excluding steroid dienone is 6. The summed E-state index contributed by atoms with van der Waals surface area (Å²) in [6.07, 6.45) is 13.5. The van der Waals surface area contributed by atoms with Gasteiger partial charge in [0, 0.05) is 6.20 Å². The molecule has 6 rings (SSSR count). The molecule has 48 heavy (non-hydrogen) atoms. The molecule has 6 aromatic carbocycles.